The minimum Gasteiger partial charge on any atom is -0.444 e. The number of β-lactam (4-membered cyclic amide) rings is 1. The molecule has 0 aliphatic carbocycles. The fourth-order valence-corrected chi connectivity index (χ4v) is 3.41. The molecule has 0 bridgehead atoms. The lowest BCUT2D eigenvalue weighted by molar-refractivity contribution is -0.178. The molecule has 1 saturated heterocycles. The van der Waals surface area contributed by atoms with Crippen molar-refractivity contribution in [3.05, 3.63) is 35.9 Å². The zero-order valence-corrected chi connectivity index (χ0v) is 18.1. The van der Waals surface area contributed by atoms with Crippen molar-refractivity contribution in [2.75, 3.05) is 13.1 Å². The van der Waals surface area contributed by atoms with E-state index < -0.39 is 22.7 Å². The van der Waals surface area contributed by atoms with Crippen LogP contribution in [0.5, 0.6) is 0 Å². The molecule has 0 saturated carbocycles. The lowest BCUT2D eigenvalue weighted by atomic mass is 9.87. The first-order valence-corrected chi connectivity index (χ1v) is 9.98. The highest BCUT2D eigenvalue weighted by Gasteiger charge is 2.54. The standard InChI is InChI=1S/C21H31ClN2O4/c1-20(2,3)28-19(26)23-12-9-13-24-17(21(4,5)22)16(18(24)25)27-14-15-10-7-6-8-11-15/h6-8,10-11,16-17H,9,12-14H2,1-5H3,(H,23,26)/t16-,17-/m0/s1. The molecule has 2 atom stereocenters. The number of ether oxygens (including phenoxy) is 2. The van der Waals surface area contributed by atoms with E-state index in [0.29, 0.717) is 26.1 Å². The van der Waals surface area contributed by atoms with Gasteiger partial charge in [0.15, 0.2) is 6.10 Å². The smallest absolute Gasteiger partial charge is 0.407 e. The average molecular weight is 411 g/mol. The number of halogens is 1. The van der Waals surface area contributed by atoms with E-state index in [0.717, 1.165) is 5.56 Å². The minimum absolute atomic E-state index is 0.0630. The van der Waals surface area contributed by atoms with Crippen LogP contribution in [0.1, 0.15) is 46.6 Å². The van der Waals surface area contributed by atoms with Gasteiger partial charge in [-0.2, -0.15) is 0 Å². The molecular weight excluding hydrogens is 380 g/mol. The number of likely N-dealkylation sites (tertiary alicyclic amines) is 1. The van der Waals surface area contributed by atoms with E-state index in [1.165, 1.54) is 0 Å². The Morgan fingerprint density at radius 3 is 2.39 bits per heavy atom. The topological polar surface area (TPSA) is 67.9 Å². The first-order valence-electron chi connectivity index (χ1n) is 9.61. The second kappa shape index (κ2) is 9.14. The molecule has 1 aliphatic heterocycles. The van der Waals surface area contributed by atoms with Crippen molar-refractivity contribution >= 4 is 23.6 Å². The molecule has 156 valence electrons. The third kappa shape index (κ3) is 6.38. The van der Waals surface area contributed by atoms with Gasteiger partial charge in [0.1, 0.15) is 5.60 Å². The number of hydrogen-bond acceptors (Lipinski definition) is 4. The molecular formula is C21H31ClN2O4. The van der Waals surface area contributed by atoms with Gasteiger partial charge in [-0.1, -0.05) is 30.3 Å². The maximum atomic E-state index is 12.6. The quantitative estimate of drug-likeness (QED) is 0.403. The molecule has 1 aromatic carbocycles. The predicted molar refractivity (Wildman–Crippen MR) is 109 cm³/mol. The molecule has 6 nitrogen and oxygen atoms in total. The molecule has 0 unspecified atom stereocenters. The van der Waals surface area contributed by atoms with Gasteiger partial charge in [-0.3, -0.25) is 4.79 Å². The molecule has 0 spiro atoms. The van der Waals surface area contributed by atoms with E-state index in [-0.39, 0.29) is 11.9 Å². The number of hydrogen-bond donors (Lipinski definition) is 1. The van der Waals surface area contributed by atoms with E-state index in [1.54, 1.807) is 4.90 Å². The van der Waals surface area contributed by atoms with Crippen LogP contribution in [-0.4, -0.2) is 52.6 Å². The summed E-state index contributed by atoms with van der Waals surface area (Å²) in [7, 11) is 0. The van der Waals surface area contributed by atoms with Crippen LogP contribution in [0.3, 0.4) is 0 Å². The number of carbonyl (C=O) groups is 2. The van der Waals surface area contributed by atoms with Gasteiger partial charge < -0.3 is 19.7 Å². The highest BCUT2D eigenvalue weighted by Crippen LogP contribution is 2.36. The van der Waals surface area contributed by atoms with E-state index in [9.17, 15) is 9.59 Å². The van der Waals surface area contributed by atoms with E-state index >= 15 is 0 Å². The second-order valence-electron chi connectivity index (χ2n) is 8.54. The van der Waals surface area contributed by atoms with Gasteiger partial charge in [-0.15, -0.1) is 11.6 Å². The summed E-state index contributed by atoms with van der Waals surface area (Å²) in [6.45, 7) is 10.5. The monoisotopic (exact) mass is 410 g/mol. The maximum absolute atomic E-state index is 12.6. The lowest BCUT2D eigenvalue weighted by Crippen LogP contribution is -2.71. The van der Waals surface area contributed by atoms with Crippen LogP contribution >= 0.6 is 11.6 Å². The van der Waals surface area contributed by atoms with Gasteiger partial charge >= 0.3 is 6.09 Å². The van der Waals surface area contributed by atoms with Gasteiger partial charge in [-0.25, -0.2) is 4.79 Å². The highest BCUT2D eigenvalue weighted by atomic mass is 35.5. The largest absolute Gasteiger partial charge is 0.444 e. The Kier molecular flexibility index (Phi) is 7.34. The van der Waals surface area contributed by atoms with Crippen molar-refractivity contribution in [1.29, 1.82) is 0 Å². The van der Waals surface area contributed by atoms with Gasteiger partial charge in [0.25, 0.3) is 5.91 Å². The summed E-state index contributed by atoms with van der Waals surface area (Å²) in [5.41, 5.74) is 0.482. The fourth-order valence-electron chi connectivity index (χ4n) is 3.17. The van der Waals surface area contributed by atoms with Crippen molar-refractivity contribution in [3.63, 3.8) is 0 Å². The fraction of sp³-hybridized carbons (Fsp3) is 0.619. The first-order chi connectivity index (χ1) is 13.0. The van der Waals surface area contributed by atoms with Gasteiger partial charge in [0.05, 0.1) is 17.5 Å². The van der Waals surface area contributed by atoms with Crippen molar-refractivity contribution in [2.45, 2.75) is 70.3 Å². The van der Waals surface area contributed by atoms with Crippen LogP contribution in [-0.2, 0) is 20.9 Å². The first kappa shape index (κ1) is 22.5. The number of alkyl halides is 1. The van der Waals surface area contributed by atoms with E-state index in [4.69, 9.17) is 21.1 Å². The van der Waals surface area contributed by atoms with Crippen LogP contribution in [0.4, 0.5) is 4.79 Å². The van der Waals surface area contributed by atoms with Crippen molar-refractivity contribution in [1.82, 2.24) is 10.2 Å². The molecule has 0 aromatic heterocycles. The SMILES string of the molecule is CC(C)(C)OC(=O)NCCCN1C(=O)[C@@H](OCc2ccccc2)[C@H]1C(C)(C)Cl. The van der Waals surface area contributed by atoms with Gasteiger partial charge in [0, 0.05) is 13.1 Å². The molecule has 1 aliphatic rings. The highest BCUT2D eigenvalue weighted by molar-refractivity contribution is 6.24. The van der Waals surface area contributed by atoms with Gasteiger partial charge in [0.2, 0.25) is 0 Å². The van der Waals surface area contributed by atoms with Crippen molar-refractivity contribution in [3.8, 4) is 0 Å². The van der Waals surface area contributed by atoms with Gasteiger partial charge in [-0.05, 0) is 46.6 Å². The summed E-state index contributed by atoms with van der Waals surface area (Å²) in [6.07, 6.45) is -0.396. The van der Waals surface area contributed by atoms with Crippen LogP contribution in [0.25, 0.3) is 0 Å². The number of alkyl carbamates (subject to hydrolysis) is 1. The maximum Gasteiger partial charge on any atom is 0.407 e. The number of nitrogens with one attached hydrogen (secondary N) is 1. The minimum atomic E-state index is -0.617. The zero-order chi connectivity index (χ0) is 20.9. The Bertz CT molecular complexity index is 667. The molecule has 2 rings (SSSR count). The summed E-state index contributed by atoms with van der Waals surface area (Å²) >= 11 is 6.54. The predicted octanol–water partition coefficient (Wildman–Crippen LogP) is 3.71. The summed E-state index contributed by atoms with van der Waals surface area (Å²) in [5.74, 6) is -0.0630. The van der Waals surface area contributed by atoms with Crippen LogP contribution < -0.4 is 5.32 Å². The summed E-state index contributed by atoms with van der Waals surface area (Å²) < 4.78 is 11.1. The number of carbonyl (C=O) groups excluding carboxylic acids is 2. The Labute approximate surface area is 172 Å². The summed E-state index contributed by atoms with van der Waals surface area (Å²) in [6, 6.07) is 9.53. The average Bonchev–Trinajstić information content (AvgIpc) is 2.57. The molecule has 2 amide bonds. The number of benzene rings is 1. The van der Waals surface area contributed by atoms with E-state index in [2.05, 4.69) is 5.32 Å². The number of nitrogens with zero attached hydrogens (tertiary/aromatic N) is 1. The normalized spacial score (nSPS) is 19.9. The Morgan fingerprint density at radius 2 is 1.82 bits per heavy atom. The van der Waals surface area contributed by atoms with Crippen molar-refractivity contribution < 1.29 is 19.1 Å². The summed E-state index contributed by atoms with van der Waals surface area (Å²) in [4.78, 5) is 25.4. The van der Waals surface area contributed by atoms with Crippen molar-refractivity contribution in [2.24, 2.45) is 0 Å². The molecule has 7 heteroatoms. The van der Waals surface area contributed by atoms with Crippen LogP contribution in [0.15, 0.2) is 30.3 Å². The Morgan fingerprint density at radius 1 is 1.18 bits per heavy atom. The second-order valence-corrected chi connectivity index (χ2v) is 9.51. The molecule has 1 N–H and O–H groups in total. The van der Waals surface area contributed by atoms with Crippen LogP contribution in [0, 0.1) is 0 Å². The number of rotatable bonds is 8. The number of amides is 2. The molecule has 1 fully saturated rings. The molecule has 1 heterocycles. The molecule has 0 radical (unpaired) electrons. The third-order valence-corrected chi connectivity index (χ3v) is 4.59. The van der Waals surface area contributed by atoms with Crippen LogP contribution in [0.2, 0.25) is 0 Å². The summed E-state index contributed by atoms with van der Waals surface area (Å²) in [5, 5.41) is 2.71. The lowest BCUT2D eigenvalue weighted by Gasteiger charge is -2.51. The van der Waals surface area contributed by atoms with E-state index in [1.807, 2.05) is 65.0 Å². The molecule has 1 aromatic rings. The third-order valence-electron chi connectivity index (χ3n) is 4.37. The Balaban J connectivity index is 1.83. The zero-order valence-electron chi connectivity index (χ0n) is 17.3. The molecule has 28 heavy (non-hydrogen) atoms. The Hall–Kier alpha value is -1.79.